The van der Waals surface area contributed by atoms with Crippen molar-refractivity contribution in [1.29, 1.82) is 0 Å². The number of nitrogens with one attached hydrogen (secondary N) is 1. The predicted molar refractivity (Wildman–Crippen MR) is 56.4 cm³/mol. The summed E-state index contributed by atoms with van der Waals surface area (Å²) in [5.41, 5.74) is 0. The van der Waals surface area contributed by atoms with Crippen molar-refractivity contribution in [2.24, 2.45) is 0 Å². The summed E-state index contributed by atoms with van der Waals surface area (Å²) in [7, 11) is 0. The molecule has 1 unspecified atom stereocenters. The van der Waals surface area contributed by atoms with Gasteiger partial charge in [-0.2, -0.15) is 0 Å². The van der Waals surface area contributed by atoms with Gasteiger partial charge in [-0.1, -0.05) is 6.92 Å². The second-order valence-electron chi connectivity index (χ2n) is 3.20. The van der Waals surface area contributed by atoms with Crippen molar-refractivity contribution in [3.63, 3.8) is 0 Å². The molecular formula is C11H16FNO2. The zero-order valence-electron chi connectivity index (χ0n) is 8.74. The van der Waals surface area contributed by atoms with Gasteiger partial charge in [0.1, 0.15) is 18.2 Å². The molecule has 0 fully saturated rings. The lowest BCUT2D eigenvalue weighted by atomic mass is 10.3. The van der Waals surface area contributed by atoms with Crippen molar-refractivity contribution in [3.05, 3.63) is 30.1 Å². The highest BCUT2D eigenvalue weighted by Crippen LogP contribution is 2.11. The molecular weight excluding hydrogens is 197 g/mol. The Morgan fingerprint density at radius 1 is 1.40 bits per heavy atom. The van der Waals surface area contributed by atoms with E-state index in [1.807, 2.05) is 6.92 Å². The average Bonchev–Trinajstić information content (AvgIpc) is 2.26. The molecule has 1 rings (SSSR count). The minimum atomic E-state index is -0.284. The van der Waals surface area contributed by atoms with Gasteiger partial charge in [0.15, 0.2) is 0 Å². The number of ether oxygens (including phenoxy) is 1. The third-order valence-electron chi connectivity index (χ3n) is 1.98. The van der Waals surface area contributed by atoms with Crippen LogP contribution in [0, 0.1) is 5.82 Å². The van der Waals surface area contributed by atoms with Crippen molar-refractivity contribution in [3.8, 4) is 5.75 Å². The molecule has 1 aromatic carbocycles. The normalized spacial score (nSPS) is 12.5. The van der Waals surface area contributed by atoms with Crippen LogP contribution in [0.25, 0.3) is 0 Å². The summed E-state index contributed by atoms with van der Waals surface area (Å²) in [5.74, 6) is 0.320. The fraction of sp³-hybridized carbons (Fsp3) is 0.455. The number of benzene rings is 1. The van der Waals surface area contributed by atoms with Crippen LogP contribution in [0.5, 0.6) is 5.75 Å². The maximum absolute atomic E-state index is 12.6. The van der Waals surface area contributed by atoms with E-state index in [1.54, 1.807) is 12.1 Å². The van der Waals surface area contributed by atoms with E-state index in [2.05, 4.69) is 5.32 Å². The highest BCUT2D eigenvalue weighted by molar-refractivity contribution is 5.22. The van der Waals surface area contributed by atoms with E-state index in [1.165, 1.54) is 12.1 Å². The van der Waals surface area contributed by atoms with Crippen LogP contribution < -0.4 is 10.1 Å². The molecule has 0 aliphatic carbocycles. The Balaban J connectivity index is 2.38. The molecule has 0 aliphatic heterocycles. The van der Waals surface area contributed by atoms with Gasteiger partial charge in [0.25, 0.3) is 0 Å². The van der Waals surface area contributed by atoms with E-state index in [0.29, 0.717) is 12.4 Å². The largest absolute Gasteiger partial charge is 0.492 e. The molecule has 0 saturated carbocycles. The molecule has 0 aliphatic rings. The second-order valence-corrected chi connectivity index (χ2v) is 3.20. The van der Waals surface area contributed by atoms with Crippen LogP contribution in [0.15, 0.2) is 24.3 Å². The summed E-state index contributed by atoms with van der Waals surface area (Å²) in [6.07, 6.45) is 0. The summed E-state index contributed by atoms with van der Waals surface area (Å²) < 4.78 is 17.9. The number of rotatable bonds is 6. The molecule has 0 aromatic heterocycles. The highest BCUT2D eigenvalue weighted by atomic mass is 19.1. The maximum atomic E-state index is 12.6. The van der Waals surface area contributed by atoms with Crippen LogP contribution in [0.4, 0.5) is 4.39 Å². The summed E-state index contributed by atoms with van der Waals surface area (Å²) in [5, 5.41) is 12.0. The van der Waals surface area contributed by atoms with Gasteiger partial charge >= 0.3 is 0 Å². The molecule has 4 heteroatoms. The van der Waals surface area contributed by atoms with E-state index in [-0.39, 0.29) is 18.5 Å². The minimum Gasteiger partial charge on any atom is -0.492 e. The van der Waals surface area contributed by atoms with E-state index < -0.39 is 0 Å². The van der Waals surface area contributed by atoms with Gasteiger partial charge in [-0.15, -0.1) is 0 Å². The van der Waals surface area contributed by atoms with Crippen molar-refractivity contribution < 1.29 is 14.2 Å². The fourth-order valence-corrected chi connectivity index (χ4v) is 1.19. The number of halogens is 1. The molecule has 84 valence electrons. The molecule has 0 saturated heterocycles. The van der Waals surface area contributed by atoms with Crippen LogP contribution in [0.3, 0.4) is 0 Å². The Morgan fingerprint density at radius 3 is 2.60 bits per heavy atom. The quantitative estimate of drug-likeness (QED) is 0.745. The Morgan fingerprint density at radius 2 is 2.07 bits per heavy atom. The monoisotopic (exact) mass is 213 g/mol. The van der Waals surface area contributed by atoms with E-state index in [0.717, 1.165) is 6.54 Å². The summed E-state index contributed by atoms with van der Waals surface area (Å²) >= 11 is 0. The third kappa shape index (κ3) is 4.27. The number of aliphatic hydroxyl groups excluding tert-OH is 1. The van der Waals surface area contributed by atoms with Crippen LogP contribution in [-0.4, -0.2) is 30.9 Å². The predicted octanol–water partition coefficient (Wildman–Crippen LogP) is 1.17. The third-order valence-corrected chi connectivity index (χ3v) is 1.98. The zero-order chi connectivity index (χ0) is 11.1. The van der Waals surface area contributed by atoms with Crippen LogP contribution in [0.1, 0.15) is 6.92 Å². The van der Waals surface area contributed by atoms with Gasteiger partial charge in [-0.25, -0.2) is 4.39 Å². The summed E-state index contributed by atoms with van der Waals surface area (Å²) in [6, 6.07) is 5.73. The Labute approximate surface area is 88.9 Å². The minimum absolute atomic E-state index is 0.0229. The maximum Gasteiger partial charge on any atom is 0.123 e. The van der Waals surface area contributed by atoms with Gasteiger partial charge in [0.2, 0.25) is 0 Å². The number of aliphatic hydroxyl groups is 1. The first kappa shape index (κ1) is 11.9. The molecule has 1 aromatic rings. The first-order valence-corrected chi connectivity index (χ1v) is 4.99. The Hall–Kier alpha value is -1.13. The lowest BCUT2D eigenvalue weighted by Gasteiger charge is -2.15. The molecule has 3 nitrogen and oxygen atoms in total. The van der Waals surface area contributed by atoms with E-state index in [4.69, 9.17) is 9.84 Å². The first-order valence-electron chi connectivity index (χ1n) is 4.99. The topological polar surface area (TPSA) is 41.5 Å². The van der Waals surface area contributed by atoms with Crippen molar-refractivity contribution in [2.45, 2.75) is 13.0 Å². The number of hydrogen-bond acceptors (Lipinski definition) is 3. The Bertz CT molecular complexity index is 276. The molecule has 2 N–H and O–H groups in total. The van der Waals surface area contributed by atoms with Gasteiger partial charge in [-0.05, 0) is 30.8 Å². The van der Waals surface area contributed by atoms with Crippen molar-refractivity contribution in [1.82, 2.24) is 5.32 Å². The standard InChI is InChI=1S/C11H16FNO2/c1-2-13-10(7-14)8-15-11-5-3-9(12)4-6-11/h3-6,10,13-14H,2,7-8H2,1H3. The van der Waals surface area contributed by atoms with E-state index >= 15 is 0 Å². The van der Waals surface area contributed by atoms with Gasteiger partial charge in [-0.3, -0.25) is 0 Å². The summed E-state index contributed by atoms with van der Waals surface area (Å²) in [6.45, 7) is 3.13. The number of hydrogen-bond donors (Lipinski definition) is 2. The lowest BCUT2D eigenvalue weighted by molar-refractivity contribution is 0.184. The first-order chi connectivity index (χ1) is 7.26. The zero-order valence-corrected chi connectivity index (χ0v) is 8.74. The molecule has 0 radical (unpaired) electrons. The van der Waals surface area contributed by atoms with Crippen LogP contribution in [-0.2, 0) is 0 Å². The molecule has 0 amide bonds. The molecule has 0 heterocycles. The summed E-state index contributed by atoms with van der Waals surface area (Å²) in [4.78, 5) is 0. The van der Waals surface area contributed by atoms with Crippen molar-refractivity contribution >= 4 is 0 Å². The smallest absolute Gasteiger partial charge is 0.123 e. The average molecular weight is 213 g/mol. The molecule has 0 bridgehead atoms. The second kappa shape index (κ2) is 6.37. The number of likely N-dealkylation sites (N-methyl/N-ethyl adjacent to an activating group) is 1. The highest BCUT2D eigenvalue weighted by Gasteiger charge is 2.05. The molecule has 0 spiro atoms. The van der Waals surface area contributed by atoms with E-state index in [9.17, 15) is 4.39 Å². The van der Waals surface area contributed by atoms with Crippen LogP contribution in [0.2, 0.25) is 0 Å². The van der Waals surface area contributed by atoms with Crippen molar-refractivity contribution in [2.75, 3.05) is 19.8 Å². The molecule has 1 atom stereocenters. The Kier molecular flexibility index (Phi) is 5.07. The SMILES string of the molecule is CCNC(CO)COc1ccc(F)cc1. The lowest BCUT2D eigenvalue weighted by Crippen LogP contribution is -2.37. The fourth-order valence-electron chi connectivity index (χ4n) is 1.19. The molecule has 15 heavy (non-hydrogen) atoms. The van der Waals surface area contributed by atoms with Gasteiger partial charge in [0, 0.05) is 0 Å². The van der Waals surface area contributed by atoms with Gasteiger partial charge in [0.05, 0.1) is 12.6 Å². The van der Waals surface area contributed by atoms with Gasteiger partial charge < -0.3 is 15.2 Å². The van der Waals surface area contributed by atoms with Crippen LogP contribution >= 0.6 is 0 Å².